The number of aliphatic imine (C=N–C) groups is 1. The summed E-state index contributed by atoms with van der Waals surface area (Å²) in [6, 6.07) is 7.92. The molecular weight excluding hydrogens is 412 g/mol. The van der Waals surface area contributed by atoms with Crippen LogP contribution < -0.4 is 10.6 Å². The molecule has 1 saturated heterocycles. The molecular formula is C20H33ClN4O3S. The zero-order valence-corrected chi connectivity index (χ0v) is 19.1. The average molecular weight is 445 g/mol. The van der Waals surface area contributed by atoms with Crippen LogP contribution in [0.15, 0.2) is 29.3 Å². The summed E-state index contributed by atoms with van der Waals surface area (Å²) in [5, 5.41) is 7.30. The fourth-order valence-corrected chi connectivity index (χ4v) is 4.28. The minimum Gasteiger partial charge on any atom is -0.379 e. The maximum absolute atomic E-state index is 11.4. The molecule has 7 nitrogen and oxygen atoms in total. The molecule has 29 heavy (non-hydrogen) atoms. The molecule has 0 radical (unpaired) electrons. The predicted molar refractivity (Wildman–Crippen MR) is 119 cm³/mol. The van der Waals surface area contributed by atoms with Crippen molar-refractivity contribution in [3.63, 3.8) is 0 Å². The van der Waals surface area contributed by atoms with E-state index in [1.54, 1.807) is 0 Å². The Labute approximate surface area is 179 Å². The smallest absolute Gasteiger partial charge is 0.191 e. The Balaban J connectivity index is 2.13. The van der Waals surface area contributed by atoms with E-state index in [1.165, 1.54) is 6.26 Å². The Morgan fingerprint density at radius 3 is 2.62 bits per heavy atom. The molecule has 2 rings (SSSR count). The summed E-state index contributed by atoms with van der Waals surface area (Å²) in [7, 11) is -2.98. The van der Waals surface area contributed by atoms with Crippen molar-refractivity contribution in [1.29, 1.82) is 0 Å². The van der Waals surface area contributed by atoms with Crippen LogP contribution >= 0.6 is 11.6 Å². The van der Waals surface area contributed by atoms with Gasteiger partial charge in [-0.2, -0.15) is 0 Å². The number of halogens is 1. The number of hydrogen-bond donors (Lipinski definition) is 2. The first-order chi connectivity index (χ1) is 13.8. The van der Waals surface area contributed by atoms with Gasteiger partial charge in [0.25, 0.3) is 0 Å². The number of sulfone groups is 1. The van der Waals surface area contributed by atoms with Crippen LogP contribution in [0.25, 0.3) is 0 Å². The molecule has 1 aliphatic rings. The van der Waals surface area contributed by atoms with Crippen molar-refractivity contribution < 1.29 is 13.2 Å². The van der Waals surface area contributed by atoms with Gasteiger partial charge in [0.2, 0.25) is 0 Å². The van der Waals surface area contributed by atoms with Gasteiger partial charge in [-0.15, -0.1) is 0 Å². The van der Waals surface area contributed by atoms with Gasteiger partial charge >= 0.3 is 0 Å². The Morgan fingerprint density at radius 1 is 1.31 bits per heavy atom. The number of morpholine rings is 1. The van der Waals surface area contributed by atoms with Crippen LogP contribution in [0.1, 0.15) is 31.9 Å². The summed E-state index contributed by atoms with van der Waals surface area (Å²) >= 11 is 6.49. The Morgan fingerprint density at radius 2 is 2.00 bits per heavy atom. The molecule has 1 heterocycles. The first-order valence-corrected chi connectivity index (χ1v) is 12.5. The number of benzene rings is 1. The quantitative estimate of drug-likeness (QED) is 0.448. The van der Waals surface area contributed by atoms with E-state index in [-0.39, 0.29) is 17.8 Å². The number of nitrogens with zero attached hydrogens (tertiary/aromatic N) is 2. The third-order valence-corrected chi connectivity index (χ3v) is 6.14. The molecule has 0 aliphatic carbocycles. The SMILES string of the molecule is CCNC(=NCC(c1ccccc1Cl)N1CCOCC1)NC(C)CCS(C)(=O)=O. The highest BCUT2D eigenvalue weighted by Gasteiger charge is 2.24. The van der Waals surface area contributed by atoms with E-state index in [4.69, 9.17) is 21.3 Å². The van der Waals surface area contributed by atoms with E-state index in [0.717, 1.165) is 30.2 Å². The van der Waals surface area contributed by atoms with Gasteiger partial charge in [-0.1, -0.05) is 29.8 Å². The fraction of sp³-hybridized carbons (Fsp3) is 0.650. The van der Waals surface area contributed by atoms with E-state index in [9.17, 15) is 8.42 Å². The highest BCUT2D eigenvalue weighted by Crippen LogP contribution is 2.28. The van der Waals surface area contributed by atoms with E-state index < -0.39 is 9.84 Å². The second-order valence-electron chi connectivity index (χ2n) is 7.37. The molecule has 0 aromatic heterocycles. The lowest BCUT2D eigenvalue weighted by atomic mass is 10.0. The summed E-state index contributed by atoms with van der Waals surface area (Å²) < 4.78 is 28.4. The van der Waals surface area contributed by atoms with Crippen LogP contribution in [0, 0.1) is 0 Å². The van der Waals surface area contributed by atoms with E-state index in [2.05, 4.69) is 15.5 Å². The molecule has 1 aliphatic heterocycles. The van der Waals surface area contributed by atoms with Gasteiger partial charge in [0.1, 0.15) is 9.84 Å². The molecule has 2 unspecified atom stereocenters. The number of guanidine groups is 1. The molecule has 2 N–H and O–H groups in total. The molecule has 1 aromatic rings. The molecule has 2 atom stereocenters. The number of nitrogens with one attached hydrogen (secondary N) is 2. The summed E-state index contributed by atoms with van der Waals surface area (Å²) in [6.07, 6.45) is 1.79. The highest BCUT2D eigenvalue weighted by molar-refractivity contribution is 7.90. The maximum Gasteiger partial charge on any atom is 0.191 e. The maximum atomic E-state index is 11.4. The molecule has 0 bridgehead atoms. The summed E-state index contributed by atoms with van der Waals surface area (Å²) in [5.41, 5.74) is 1.06. The first-order valence-electron chi connectivity index (χ1n) is 10.1. The van der Waals surface area contributed by atoms with Crippen LogP contribution in [-0.4, -0.2) is 76.7 Å². The van der Waals surface area contributed by atoms with E-state index in [1.807, 2.05) is 38.1 Å². The zero-order valence-electron chi connectivity index (χ0n) is 17.5. The Kier molecular flexibility index (Phi) is 9.68. The first kappa shape index (κ1) is 23.9. The van der Waals surface area contributed by atoms with E-state index >= 15 is 0 Å². The monoisotopic (exact) mass is 444 g/mol. The van der Waals surface area contributed by atoms with Crippen molar-refractivity contribution in [2.75, 3.05) is 51.4 Å². The van der Waals surface area contributed by atoms with Gasteiger partial charge < -0.3 is 15.4 Å². The van der Waals surface area contributed by atoms with Crippen molar-refractivity contribution in [3.05, 3.63) is 34.9 Å². The standard InChI is InChI=1S/C20H33ClN4O3S/c1-4-22-20(24-16(2)9-14-29(3,26)27)23-15-19(25-10-12-28-13-11-25)17-7-5-6-8-18(17)21/h5-8,16,19H,4,9-15H2,1-3H3,(H2,22,23,24). The third kappa shape index (κ3) is 8.50. The van der Waals surface area contributed by atoms with Crippen LogP contribution in [0.3, 0.4) is 0 Å². The second kappa shape index (κ2) is 11.7. The van der Waals surface area contributed by atoms with Gasteiger partial charge in [0.15, 0.2) is 5.96 Å². The van der Waals surface area contributed by atoms with Gasteiger partial charge in [-0.25, -0.2) is 8.42 Å². The van der Waals surface area contributed by atoms with Gasteiger partial charge in [-0.3, -0.25) is 9.89 Å². The lowest BCUT2D eigenvalue weighted by molar-refractivity contribution is 0.0180. The third-order valence-electron chi connectivity index (χ3n) is 4.82. The van der Waals surface area contributed by atoms with Gasteiger partial charge in [-0.05, 0) is 31.9 Å². The average Bonchev–Trinajstić information content (AvgIpc) is 2.68. The normalized spacial score (nSPS) is 18.3. The highest BCUT2D eigenvalue weighted by atomic mass is 35.5. The second-order valence-corrected chi connectivity index (χ2v) is 10.0. The van der Waals surface area contributed by atoms with Crippen molar-refractivity contribution >= 4 is 27.4 Å². The largest absolute Gasteiger partial charge is 0.379 e. The minimum atomic E-state index is -2.98. The number of rotatable bonds is 9. The minimum absolute atomic E-state index is 0.00956. The van der Waals surface area contributed by atoms with Gasteiger partial charge in [0, 0.05) is 37.0 Å². The lowest BCUT2D eigenvalue weighted by Crippen LogP contribution is -2.44. The molecule has 1 fully saturated rings. The zero-order chi connectivity index (χ0) is 21.3. The van der Waals surface area contributed by atoms with Crippen LogP contribution in [-0.2, 0) is 14.6 Å². The predicted octanol–water partition coefficient (Wildman–Crippen LogP) is 2.09. The summed E-state index contributed by atoms with van der Waals surface area (Å²) in [5.74, 6) is 0.829. The van der Waals surface area contributed by atoms with Crippen molar-refractivity contribution in [2.45, 2.75) is 32.4 Å². The summed E-state index contributed by atoms with van der Waals surface area (Å²) in [6.45, 7) is 8.30. The Bertz CT molecular complexity index is 767. The van der Waals surface area contributed by atoms with Crippen LogP contribution in [0.4, 0.5) is 0 Å². The van der Waals surface area contributed by atoms with E-state index in [0.29, 0.717) is 32.1 Å². The fourth-order valence-electron chi connectivity index (χ4n) is 3.24. The lowest BCUT2D eigenvalue weighted by Gasteiger charge is -2.34. The van der Waals surface area contributed by atoms with Crippen molar-refractivity contribution in [3.8, 4) is 0 Å². The Hall–Kier alpha value is -1.35. The van der Waals surface area contributed by atoms with Crippen molar-refractivity contribution in [2.24, 2.45) is 4.99 Å². The number of ether oxygens (including phenoxy) is 1. The molecule has 0 saturated carbocycles. The molecule has 0 amide bonds. The van der Waals surface area contributed by atoms with Gasteiger partial charge in [0.05, 0.1) is 31.6 Å². The number of hydrogen-bond acceptors (Lipinski definition) is 5. The molecule has 0 spiro atoms. The molecule has 164 valence electrons. The molecule has 1 aromatic carbocycles. The topological polar surface area (TPSA) is 83.0 Å². The molecule has 9 heteroatoms. The summed E-state index contributed by atoms with van der Waals surface area (Å²) in [4.78, 5) is 7.15. The van der Waals surface area contributed by atoms with Crippen molar-refractivity contribution in [1.82, 2.24) is 15.5 Å². The van der Waals surface area contributed by atoms with Crippen LogP contribution in [0.2, 0.25) is 5.02 Å². The van der Waals surface area contributed by atoms with Crippen LogP contribution in [0.5, 0.6) is 0 Å².